The van der Waals surface area contributed by atoms with Gasteiger partial charge >= 0.3 is 6.03 Å². The van der Waals surface area contributed by atoms with Gasteiger partial charge in [0.1, 0.15) is 5.00 Å². The van der Waals surface area contributed by atoms with E-state index < -0.39 is 5.92 Å². The third-order valence-electron chi connectivity index (χ3n) is 10.5. The number of nitrogens with two attached hydrogens (primary N) is 1. The topological polar surface area (TPSA) is 105 Å². The predicted octanol–water partition coefficient (Wildman–Crippen LogP) is 4.18. The van der Waals surface area contributed by atoms with Gasteiger partial charge in [-0.15, -0.1) is 17.8 Å². The highest BCUT2D eigenvalue weighted by atomic mass is 35.5. The summed E-state index contributed by atoms with van der Waals surface area (Å²) in [6.07, 6.45) is 10.6. The zero-order chi connectivity index (χ0) is 33.1. The number of fused-ring (bicyclic) bond motifs is 1. The van der Waals surface area contributed by atoms with E-state index in [0.29, 0.717) is 74.3 Å². The van der Waals surface area contributed by atoms with Crippen molar-refractivity contribution in [3.63, 3.8) is 0 Å². The zero-order valence-corrected chi connectivity index (χ0v) is 28.8. The van der Waals surface area contributed by atoms with Gasteiger partial charge in [0.2, 0.25) is 11.8 Å². The molecule has 3 fully saturated rings. The number of thiophene rings is 1. The van der Waals surface area contributed by atoms with Crippen molar-refractivity contribution in [1.29, 1.82) is 0 Å². The van der Waals surface area contributed by atoms with Crippen molar-refractivity contribution in [1.82, 2.24) is 24.5 Å². The van der Waals surface area contributed by atoms with Crippen LogP contribution in [0, 0.1) is 18.3 Å². The number of carbonyl (C=O) groups is 3. The number of piperidine rings is 2. The van der Waals surface area contributed by atoms with E-state index in [1.807, 2.05) is 26.1 Å². The molecule has 1 atom stereocenters. The number of terminal acetylenes is 1. The summed E-state index contributed by atoms with van der Waals surface area (Å²) in [6.45, 7) is 7.44. The summed E-state index contributed by atoms with van der Waals surface area (Å²) in [4.78, 5) is 51.5. The number of nitrogens with one attached hydrogen (secondary N) is 1. The van der Waals surface area contributed by atoms with Crippen LogP contribution in [0.25, 0.3) is 0 Å². The molecule has 10 nitrogen and oxygen atoms in total. The smallest absolute Gasteiger partial charge is 0.323 e. The molecule has 4 amide bonds. The Morgan fingerprint density at radius 3 is 2.51 bits per heavy atom. The second-order valence-corrected chi connectivity index (χ2v) is 14.8. The maximum atomic E-state index is 14.2. The molecule has 0 unspecified atom stereocenters. The van der Waals surface area contributed by atoms with Gasteiger partial charge in [0.15, 0.2) is 0 Å². The van der Waals surface area contributed by atoms with Crippen LogP contribution in [0.2, 0.25) is 5.02 Å². The third-order valence-corrected chi connectivity index (χ3v) is 11.7. The molecule has 6 rings (SSSR count). The summed E-state index contributed by atoms with van der Waals surface area (Å²) < 4.78 is 0. The van der Waals surface area contributed by atoms with Crippen LogP contribution in [-0.2, 0) is 22.6 Å². The Bertz CT molecular complexity index is 1510. The fraction of sp³-hybridized carbons (Fsp3) is 0.571. The number of hydrogen-bond donors (Lipinski definition) is 2. The van der Waals surface area contributed by atoms with Crippen LogP contribution in [0.1, 0.15) is 55.2 Å². The molecule has 1 aromatic heterocycles. The van der Waals surface area contributed by atoms with E-state index in [4.69, 9.17) is 23.8 Å². The number of rotatable bonds is 7. The van der Waals surface area contributed by atoms with E-state index in [0.717, 1.165) is 55.1 Å². The molecule has 12 heteroatoms. The van der Waals surface area contributed by atoms with Crippen LogP contribution in [0.15, 0.2) is 23.6 Å². The first-order chi connectivity index (χ1) is 22.7. The average Bonchev–Trinajstić information content (AvgIpc) is 3.42. The van der Waals surface area contributed by atoms with E-state index in [2.05, 4.69) is 34.2 Å². The summed E-state index contributed by atoms with van der Waals surface area (Å²) >= 11 is 7.97. The molecule has 0 saturated carbocycles. The lowest BCUT2D eigenvalue weighted by atomic mass is 9.91. The van der Waals surface area contributed by atoms with Gasteiger partial charge in [-0.25, -0.2) is 4.79 Å². The van der Waals surface area contributed by atoms with E-state index >= 15 is 0 Å². The molecular formula is C35H46ClN7O3S. The number of benzene rings is 1. The average molecular weight is 680 g/mol. The summed E-state index contributed by atoms with van der Waals surface area (Å²) in [5.74, 6) is 2.03. The number of carbonyl (C=O) groups excluding carboxylic acids is 3. The van der Waals surface area contributed by atoms with Gasteiger partial charge in [0, 0.05) is 68.9 Å². The number of anilines is 2. The lowest BCUT2D eigenvalue weighted by Crippen LogP contribution is -2.51. The van der Waals surface area contributed by atoms with Gasteiger partial charge in [-0.1, -0.05) is 17.5 Å². The molecular weight excluding hydrogens is 634 g/mol. The number of nitrogens with zero attached hydrogens (tertiary/aromatic N) is 5. The minimum atomic E-state index is -0.543. The second-order valence-electron chi connectivity index (χ2n) is 13.5. The summed E-state index contributed by atoms with van der Waals surface area (Å²) in [6, 6.07) is 6.10. The first-order valence-electron chi connectivity index (χ1n) is 16.9. The van der Waals surface area contributed by atoms with Crippen LogP contribution in [0.4, 0.5) is 15.5 Å². The van der Waals surface area contributed by atoms with Gasteiger partial charge in [0.25, 0.3) is 0 Å². The molecule has 0 radical (unpaired) electrons. The number of amides is 4. The molecule has 0 spiro atoms. The molecule has 3 saturated heterocycles. The normalized spacial score (nSPS) is 21.1. The SMILES string of the molecule is C#Cc1cc(C[C@@H](CC(=O)N2CCC(N3Cc4ccsc4NC3=O)CC2)C(=O)N2CCC(N3CCCN(C)CC3)CC2)cc(Cl)c1N. The Morgan fingerprint density at radius 1 is 1.04 bits per heavy atom. The van der Waals surface area contributed by atoms with Gasteiger partial charge in [0.05, 0.1) is 23.2 Å². The van der Waals surface area contributed by atoms with Gasteiger partial charge in [-0.2, -0.15) is 0 Å². The highest BCUT2D eigenvalue weighted by Crippen LogP contribution is 2.32. The summed E-state index contributed by atoms with van der Waals surface area (Å²) in [5.41, 5.74) is 8.86. The molecule has 4 aliphatic rings. The van der Waals surface area contributed by atoms with E-state index in [1.165, 1.54) is 6.42 Å². The van der Waals surface area contributed by atoms with E-state index in [9.17, 15) is 14.4 Å². The minimum absolute atomic E-state index is 0.00838. The number of hydrogen-bond acceptors (Lipinski definition) is 7. The molecule has 3 N–H and O–H groups in total. The standard InChI is InChI=1S/C35H46ClN7O3S/c1-3-25-19-24(21-30(36)32(25)37)20-27(34(45)42-14-5-28(6-15-42)40-11-4-10-39(2)16-17-40)22-31(44)41-12-7-29(8-13-41)43-23-26-9-18-47-33(26)38-35(43)46/h1,9,18-19,21,27-29H,4-8,10-17,20,22-23,37H2,2H3,(H,38,46)/t27-/m0/s1. The van der Waals surface area contributed by atoms with Crippen LogP contribution >= 0.6 is 22.9 Å². The minimum Gasteiger partial charge on any atom is -0.397 e. The van der Waals surface area contributed by atoms with Gasteiger partial charge in [-0.3, -0.25) is 19.8 Å². The fourth-order valence-corrected chi connectivity index (χ4v) is 8.68. The van der Waals surface area contributed by atoms with Gasteiger partial charge < -0.3 is 25.3 Å². The second kappa shape index (κ2) is 14.9. The third kappa shape index (κ3) is 7.72. The van der Waals surface area contributed by atoms with Crippen molar-refractivity contribution in [2.75, 3.05) is 70.5 Å². The molecule has 252 valence electrons. The van der Waals surface area contributed by atoms with Crippen molar-refractivity contribution in [2.45, 2.75) is 63.6 Å². The Balaban J connectivity index is 1.10. The van der Waals surface area contributed by atoms with Crippen LogP contribution < -0.4 is 11.1 Å². The predicted molar refractivity (Wildman–Crippen MR) is 187 cm³/mol. The van der Waals surface area contributed by atoms with E-state index in [1.54, 1.807) is 17.4 Å². The molecule has 47 heavy (non-hydrogen) atoms. The van der Waals surface area contributed by atoms with Crippen LogP contribution in [0.3, 0.4) is 0 Å². The monoisotopic (exact) mass is 679 g/mol. The maximum Gasteiger partial charge on any atom is 0.323 e. The van der Waals surface area contributed by atoms with Crippen molar-refractivity contribution in [3.05, 3.63) is 45.3 Å². The molecule has 5 heterocycles. The highest BCUT2D eigenvalue weighted by molar-refractivity contribution is 7.14. The first-order valence-corrected chi connectivity index (χ1v) is 18.1. The van der Waals surface area contributed by atoms with E-state index in [-0.39, 0.29) is 30.3 Å². The number of likely N-dealkylation sites (N-methyl/N-ethyl adjacent to an activating group) is 1. The van der Waals surface area contributed by atoms with Crippen molar-refractivity contribution in [3.8, 4) is 12.3 Å². The lowest BCUT2D eigenvalue weighted by molar-refractivity contribution is -0.143. The van der Waals surface area contributed by atoms with Gasteiger partial charge in [-0.05, 0) is 87.8 Å². The summed E-state index contributed by atoms with van der Waals surface area (Å²) in [7, 11) is 2.18. The highest BCUT2D eigenvalue weighted by Gasteiger charge is 2.36. The Kier molecular flexibility index (Phi) is 10.6. The summed E-state index contributed by atoms with van der Waals surface area (Å²) in [5, 5.41) is 6.28. The van der Waals surface area contributed by atoms with Crippen molar-refractivity contribution < 1.29 is 14.4 Å². The lowest BCUT2D eigenvalue weighted by Gasteiger charge is -2.41. The maximum absolute atomic E-state index is 14.2. The quantitative estimate of drug-likeness (QED) is 0.336. The Morgan fingerprint density at radius 2 is 1.77 bits per heavy atom. The molecule has 0 bridgehead atoms. The van der Waals surface area contributed by atoms with Crippen LogP contribution in [-0.4, -0.2) is 114 Å². The largest absolute Gasteiger partial charge is 0.397 e. The van der Waals surface area contributed by atoms with Crippen molar-refractivity contribution >= 4 is 51.5 Å². The number of nitrogen functional groups attached to an aromatic ring is 1. The Labute approximate surface area is 287 Å². The number of urea groups is 1. The molecule has 1 aromatic carbocycles. The molecule has 2 aromatic rings. The molecule has 0 aliphatic carbocycles. The number of halogens is 1. The van der Waals surface area contributed by atoms with Crippen LogP contribution in [0.5, 0.6) is 0 Å². The van der Waals surface area contributed by atoms with Crippen molar-refractivity contribution in [2.24, 2.45) is 5.92 Å². The Hall–Kier alpha value is -3.30. The number of likely N-dealkylation sites (tertiary alicyclic amines) is 2. The first kappa shape index (κ1) is 33.6. The fourth-order valence-electron chi connectivity index (χ4n) is 7.64. The zero-order valence-electron chi connectivity index (χ0n) is 27.3. The molecule has 4 aliphatic heterocycles.